The zero-order chi connectivity index (χ0) is 29.0. The summed E-state index contributed by atoms with van der Waals surface area (Å²) >= 11 is 0. The van der Waals surface area contributed by atoms with Gasteiger partial charge in [0.05, 0.1) is 12.7 Å². The van der Waals surface area contributed by atoms with Crippen molar-refractivity contribution in [1.29, 1.82) is 0 Å². The van der Waals surface area contributed by atoms with E-state index in [9.17, 15) is 9.18 Å². The van der Waals surface area contributed by atoms with Gasteiger partial charge in [0.25, 0.3) is 5.91 Å². The minimum atomic E-state index is -0.468. The predicted octanol–water partition coefficient (Wildman–Crippen LogP) is 8.05. The summed E-state index contributed by atoms with van der Waals surface area (Å²) in [5, 5.41) is 0. The van der Waals surface area contributed by atoms with E-state index in [1.807, 2.05) is 43.0 Å². The van der Waals surface area contributed by atoms with E-state index in [2.05, 4.69) is 73.4 Å². The summed E-state index contributed by atoms with van der Waals surface area (Å²) in [7, 11) is 0.500. The lowest BCUT2D eigenvalue weighted by Crippen LogP contribution is -2.45. The molecule has 0 bridgehead atoms. The largest absolute Gasteiger partial charge is 0.492 e. The summed E-state index contributed by atoms with van der Waals surface area (Å²) in [6, 6.07) is 16.5. The lowest BCUT2D eigenvalue weighted by atomic mass is 9.83. The molecule has 2 unspecified atom stereocenters. The number of anilines is 1. The fourth-order valence-electron chi connectivity index (χ4n) is 5.83. The molecule has 2 saturated heterocycles. The molecule has 4 nitrogen and oxygen atoms in total. The van der Waals surface area contributed by atoms with E-state index in [0.29, 0.717) is 13.8 Å². The third kappa shape index (κ3) is 7.31. The van der Waals surface area contributed by atoms with Crippen molar-refractivity contribution in [1.82, 2.24) is 4.90 Å². The van der Waals surface area contributed by atoms with E-state index in [1.54, 1.807) is 0 Å². The fourth-order valence-corrected chi connectivity index (χ4v) is 5.83. The Morgan fingerprint density at radius 3 is 2.52 bits per heavy atom. The van der Waals surface area contributed by atoms with Gasteiger partial charge in [0.1, 0.15) is 12.4 Å². The van der Waals surface area contributed by atoms with Crippen molar-refractivity contribution in [2.75, 3.05) is 38.3 Å². The summed E-state index contributed by atoms with van der Waals surface area (Å²) in [4.78, 5) is 18.5. The molecule has 2 atom stereocenters. The molecular formula is C35H47FN2O2. The van der Waals surface area contributed by atoms with Crippen molar-refractivity contribution in [3.63, 3.8) is 0 Å². The first-order valence-electron chi connectivity index (χ1n) is 14.9. The van der Waals surface area contributed by atoms with Gasteiger partial charge in [-0.2, -0.15) is 0 Å². The highest BCUT2D eigenvalue weighted by Gasteiger charge is 2.51. The van der Waals surface area contributed by atoms with Crippen LogP contribution in [0.25, 0.3) is 6.08 Å². The molecule has 0 radical (unpaired) electrons. The number of benzene rings is 2. The Bertz CT molecular complexity index is 1180. The molecule has 0 saturated carbocycles. The van der Waals surface area contributed by atoms with Crippen LogP contribution < -0.4 is 9.64 Å². The zero-order valence-electron chi connectivity index (χ0n) is 25.0. The summed E-state index contributed by atoms with van der Waals surface area (Å²) in [6.07, 6.45) is 16.6. The number of amides is 1. The first-order chi connectivity index (χ1) is 19.6. The number of aryl methyl sites for hydroxylation is 1. The Morgan fingerprint density at radius 1 is 1.02 bits per heavy atom. The molecule has 0 spiro atoms. The number of hydrogen-bond acceptors (Lipinski definition) is 3. The van der Waals surface area contributed by atoms with E-state index in [1.165, 1.54) is 37.9 Å². The molecule has 5 rings (SSSR count). The smallest absolute Gasteiger partial charge is 0.255 e. The molecule has 2 aromatic carbocycles. The Morgan fingerprint density at radius 2 is 1.77 bits per heavy atom. The molecule has 0 aromatic heterocycles. The molecule has 0 N–H and O–H groups in total. The number of hydrogen-bond donors (Lipinski definition) is 0. The SMILES string of the molecule is CC.CCc1cccc(/C=C2/C(=O)N(c3cccc(OCCN4CCCCC4)c3)C3(C)C=CCC=CC23)c1.CF. The van der Waals surface area contributed by atoms with Gasteiger partial charge in [-0.25, -0.2) is 0 Å². The van der Waals surface area contributed by atoms with Gasteiger partial charge in [0.15, 0.2) is 0 Å². The number of carbonyl (C=O) groups excluding carboxylic acids is 1. The number of alkyl halides is 1. The number of carbonyl (C=O) groups is 1. The Balaban J connectivity index is 0.00000106. The first-order valence-corrected chi connectivity index (χ1v) is 14.9. The summed E-state index contributed by atoms with van der Waals surface area (Å²) in [6.45, 7) is 12.3. The lowest BCUT2D eigenvalue weighted by Gasteiger charge is -2.35. The minimum Gasteiger partial charge on any atom is -0.492 e. The monoisotopic (exact) mass is 546 g/mol. The molecule has 2 heterocycles. The van der Waals surface area contributed by atoms with Gasteiger partial charge in [-0.05, 0) is 75.0 Å². The van der Waals surface area contributed by atoms with Gasteiger partial charge < -0.3 is 4.74 Å². The van der Waals surface area contributed by atoms with Gasteiger partial charge in [-0.1, -0.05) is 81.8 Å². The van der Waals surface area contributed by atoms with Crippen LogP contribution in [0, 0.1) is 5.92 Å². The molecule has 2 fully saturated rings. The lowest BCUT2D eigenvalue weighted by molar-refractivity contribution is -0.114. The summed E-state index contributed by atoms with van der Waals surface area (Å²) in [5.74, 6) is 0.863. The normalized spacial score (nSPS) is 23.1. The van der Waals surface area contributed by atoms with Gasteiger partial charge >= 0.3 is 0 Å². The molecule has 2 aromatic rings. The highest BCUT2D eigenvalue weighted by atomic mass is 19.1. The van der Waals surface area contributed by atoms with Crippen molar-refractivity contribution >= 4 is 17.7 Å². The van der Waals surface area contributed by atoms with Crippen LogP contribution >= 0.6 is 0 Å². The third-order valence-electron chi connectivity index (χ3n) is 7.83. The van der Waals surface area contributed by atoms with E-state index in [0.717, 1.165) is 42.0 Å². The maximum atomic E-state index is 14.0. The van der Waals surface area contributed by atoms with Gasteiger partial charge in [-0.3, -0.25) is 19.0 Å². The number of halogens is 1. The second kappa shape index (κ2) is 15.6. The number of fused-ring (bicyclic) bond motifs is 1. The van der Waals surface area contributed by atoms with Crippen LogP contribution in [-0.4, -0.2) is 49.8 Å². The highest BCUT2D eigenvalue weighted by molar-refractivity contribution is 6.13. The molecular weight excluding hydrogens is 499 g/mol. The maximum Gasteiger partial charge on any atom is 0.255 e. The van der Waals surface area contributed by atoms with Crippen LogP contribution in [-0.2, 0) is 11.2 Å². The average molecular weight is 547 g/mol. The Hall–Kier alpha value is -3.18. The average Bonchev–Trinajstić information content (AvgIpc) is 3.10. The number of rotatable bonds is 7. The number of allylic oxidation sites excluding steroid dienone is 2. The molecule has 3 aliphatic rings. The van der Waals surface area contributed by atoms with Crippen LogP contribution in [0.3, 0.4) is 0 Å². The van der Waals surface area contributed by atoms with E-state index in [-0.39, 0.29) is 11.8 Å². The van der Waals surface area contributed by atoms with Crippen molar-refractivity contribution in [3.8, 4) is 5.75 Å². The van der Waals surface area contributed by atoms with Crippen molar-refractivity contribution in [3.05, 3.63) is 89.5 Å². The topological polar surface area (TPSA) is 32.8 Å². The maximum absolute atomic E-state index is 14.0. The van der Waals surface area contributed by atoms with E-state index in [4.69, 9.17) is 4.74 Å². The molecule has 5 heteroatoms. The van der Waals surface area contributed by atoms with Crippen LogP contribution in [0.2, 0.25) is 0 Å². The van der Waals surface area contributed by atoms with Crippen molar-refractivity contribution in [2.24, 2.45) is 5.92 Å². The van der Waals surface area contributed by atoms with Crippen molar-refractivity contribution in [2.45, 2.75) is 65.3 Å². The van der Waals surface area contributed by atoms with Gasteiger partial charge in [-0.15, -0.1) is 0 Å². The molecule has 2 aliphatic heterocycles. The molecule has 1 aliphatic carbocycles. The predicted molar refractivity (Wildman–Crippen MR) is 167 cm³/mol. The number of likely N-dealkylation sites (tertiary alicyclic amines) is 1. The standard InChI is InChI=1S/C32H38N2O2.C2H6.CH3F/c1-3-25-12-10-13-26(22-25)23-29-30-16-6-4-7-17-32(30,2)34(31(29)35)27-14-11-15-28(24-27)36-21-20-33-18-8-5-9-19-33;2*1-2/h6-7,10-17,22-24,30H,3-5,8-9,18-21H2,1-2H3;1-2H3;1H3/b29-23+;;. The van der Waals surface area contributed by atoms with Crippen molar-refractivity contribution < 1.29 is 13.9 Å². The third-order valence-corrected chi connectivity index (χ3v) is 7.83. The zero-order valence-corrected chi connectivity index (χ0v) is 25.0. The van der Waals surface area contributed by atoms with E-state index >= 15 is 0 Å². The first kappa shape index (κ1) is 31.3. The van der Waals surface area contributed by atoms with Gasteiger partial charge in [0, 0.05) is 29.8 Å². The molecule has 216 valence electrons. The Kier molecular flexibility index (Phi) is 12.2. The minimum absolute atomic E-state index is 0.0160. The summed E-state index contributed by atoms with van der Waals surface area (Å²) in [5.41, 5.74) is 3.61. The fraction of sp³-hybridized carbons (Fsp3) is 0.457. The molecule has 40 heavy (non-hydrogen) atoms. The quantitative estimate of drug-likeness (QED) is 0.260. The second-order valence-electron chi connectivity index (χ2n) is 10.4. The van der Waals surface area contributed by atoms with Crippen LogP contribution in [0.1, 0.15) is 64.5 Å². The second-order valence-corrected chi connectivity index (χ2v) is 10.4. The van der Waals surface area contributed by atoms with Crippen LogP contribution in [0.15, 0.2) is 78.4 Å². The number of ether oxygens (including phenoxy) is 1. The Labute approximate surface area is 241 Å². The highest BCUT2D eigenvalue weighted by Crippen LogP contribution is 2.46. The van der Waals surface area contributed by atoms with Crippen LogP contribution in [0.5, 0.6) is 5.75 Å². The van der Waals surface area contributed by atoms with Gasteiger partial charge in [0.2, 0.25) is 0 Å². The number of piperidine rings is 1. The molecule has 1 amide bonds. The van der Waals surface area contributed by atoms with E-state index < -0.39 is 5.54 Å². The number of nitrogens with zero attached hydrogens (tertiary/aromatic N) is 2. The van der Waals surface area contributed by atoms with Crippen LogP contribution in [0.4, 0.5) is 10.1 Å². The summed E-state index contributed by atoms with van der Waals surface area (Å²) < 4.78 is 15.7.